The molecule has 2 N–H and O–H groups in total. The minimum absolute atomic E-state index is 0.733. The highest BCUT2D eigenvalue weighted by atomic mass is 16.5. The molecule has 3 rings (SSSR count). The summed E-state index contributed by atoms with van der Waals surface area (Å²) in [5.74, 6) is 1.66. The van der Waals surface area contributed by atoms with Crippen molar-refractivity contribution in [1.82, 2.24) is 9.55 Å². The lowest BCUT2D eigenvalue weighted by molar-refractivity contribution is 0.419. The molecule has 0 saturated carbocycles. The molecule has 0 bridgehead atoms. The number of aromatic nitrogens is 2. The highest BCUT2D eigenvalue weighted by Crippen LogP contribution is 2.29. The fourth-order valence-corrected chi connectivity index (χ4v) is 2.29. The van der Waals surface area contributed by atoms with Crippen molar-refractivity contribution in [3.05, 3.63) is 42.5 Å². The Balaban J connectivity index is 2.28. The van der Waals surface area contributed by atoms with E-state index < -0.39 is 0 Å². The maximum absolute atomic E-state index is 5.83. The Kier molecular flexibility index (Phi) is 2.63. The number of hydrogen-bond acceptors (Lipinski definition) is 3. The second kappa shape index (κ2) is 4.31. The maximum atomic E-state index is 5.83. The number of nitrogen functional groups attached to an aromatic ring is 1. The zero-order valence-corrected chi connectivity index (χ0v) is 10.9. The molecule has 0 amide bonds. The number of rotatable bonds is 2. The van der Waals surface area contributed by atoms with E-state index in [-0.39, 0.29) is 0 Å². The van der Waals surface area contributed by atoms with E-state index in [0.29, 0.717) is 0 Å². The fraction of sp³-hybridized carbons (Fsp3) is 0.133. The Morgan fingerprint density at radius 3 is 2.68 bits per heavy atom. The van der Waals surface area contributed by atoms with Crippen molar-refractivity contribution in [2.24, 2.45) is 7.05 Å². The first kappa shape index (κ1) is 11.6. The zero-order chi connectivity index (χ0) is 13.4. The van der Waals surface area contributed by atoms with Gasteiger partial charge in [0.1, 0.15) is 17.1 Å². The largest absolute Gasteiger partial charge is 0.494 e. The summed E-state index contributed by atoms with van der Waals surface area (Å²) >= 11 is 0. The predicted octanol–water partition coefficient (Wildman–Crippen LogP) is 2.83. The number of fused-ring (bicyclic) bond motifs is 1. The van der Waals surface area contributed by atoms with Crippen LogP contribution in [-0.4, -0.2) is 16.7 Å². The fourth-order valence-electron chi connectivity index (χ4n) is 2.29. The number of nitrogens with zero attached hydrogens (tertiary/aromatic N) is 2. The van der Waals surface area contributed by atoms with Crippen LogP contribution in [0.3, 0.4) is 0 Å². The van der Waals surface area contributed by atoms with E-state index in [2.05, 4.69) is 4.98 Å². The molecule has 0 aliphatic rings. The van der Waals surface area contributed by atoms with Crippen molar-refractivity contribution < 1.29 is 4.74 Å². The standard InChI is InChI=1S/C15H15N3O/c1-18-12-7-4-8-13(19-2)14(12)17-15(18)10-5-3-6-11(16)9-10/h3-9H,16H2,1-2H3. The van der Waals surface area contributed by atoms with Crippen molar-refractivity contribution in [2.45, 2.75) is 0 Å². The molecule has 96 valence electrons. The third-order valence-corrected chi connectivity index (χ3v) is 3.24. The molecule has 1 heterocycles. The second-order valence-electron chi connectivity index (χ2n) is 4.45. The van der Waals surface area contributed by atoms with Crippen LogP contribution in [0.1, 0.15) is 0 Å². The van der Waals surface area contributed by atoms with E-state index in [0.717, 1.165) is 33.9 Å². The molecule has 4 heteroatoms. The first-order chi connectivity index (χ1) is 9.20. The van der Waals surface area contributed by atoms with Crippen LogP contribution in [0, 0.1) is 0 Å². The molecule has 4 nitrogen and oxygen atoms in total. The van der Waals surface area contributed by atoms with Gasteiger partial charge in [0, 0.05) is 18.3 Å². The molecule has 2 aromatic carbocycles. The van der Waals surface area contributed by atoms with Crippen molar-refractivity contribution in [3.8, 4) is 17.1 Å². The molecule has 0 atom stereocenters. The molecule has 0 unspecified atom stereocenters. The Labute approximate surface area is 111 Å². The van der Waals surface area contributed by atoms with Crippen LogP contribution in [0.5, 0.6) is 5.75 Å². The summed E-state index contributed by atoms with van der Waals surface area (Å²) < 4.78 is 7.40. The molecule has 0 fully saturated rings. The van der Waals surface area contributed by atoms with E-state index in [9.17, 15) is 0 Å². The molecule has 19 heavy (non-hydrogen) atoms. The predicted molar refractivity (Wildman–Crippen MR) is 77.1 cm³/mol. The summed E-state index contributed by atoms with van der Waals surface area (Å²) in [5.41, 5.74) is 9.47. The van der Waals surface area contributed by atoms with E-state index in [1.165, 1.54) is 0 Å². The van der Waals surface area contributed by atoms with Crippen LogP contribution in [-0.2, 0) is 7.05 Å². The number of hydrogen-bond donors (Lipinski definition) is 1. The molecule has 1 aromatic heterocycles. The first-order valence-corrected chi connectivity index (χ1v) is 6.06. The highest BCUT2D eigenvalue weighted by Gasteiger charge is 2.12. The smallest absolute Gasteiger partial charge is 0.146 e. The summed E-state index contributed by atoms with van der Waals surface area (Å²) in [7, 11) is 3.65. The number of aryl methyl sites for hydroxylation is 1. The molecule has 3 aromatic rings. The molecule has 0 spiro atoms. The van der Waals surface area contributed by atoms with Crippen molar-refractivity contribution >= 4 is 16.7 Å². The van der Waals surface area contributed by atoms with Crippen molar-refractivity contribution in [3.63, 3.8) is 0 Å². The zero-order valence-electron chi connectivity index (χ0n) is 10.9. The van der Waals surface area contributed by atoms with Crippen LogP contribution >= 0.6 is 0 Å². The van der Waals surface area contributed by atoms with Gasteiger partial charge in [0.25, 0.3) is 0 Å². The van der Waals surface area contributed by atoms with Gasteiger partial charge in [-0.15, -0.1) is 0 Å². The van der Waals surface area contributed by atoms with Crippen LogP contribution < -0.4 is 10.5 Å². The number of imidazole rings is 1. The van der Waals surface area contributed by atoms with Gasteiger partial charge in [0.15, 0.2) is 0 Å². The third-order valence-electron chi connectivity index (χ3n) is 3.24. The lowest BCUT2D eigenvalue weighted by atomic mass is 10.2. The summed E-state index contributed by atoms with van der Waals surface area (Å²) in [6, 6.07) is 13.6. The van der Waals surface area contributed by atoms with Gasteiger partial charge in [-0.2, -0.15) is 0 Å². The first-order valence-electron chi connectivity index (χ1n) is 6.06. The highest BCUT2D eigenvalue weighted by molar-refractivity contribution is 5.86. The van der Waals surface area contributed by atoms with E-state index in [1.807, 2.05) is 54.1 Å². The van der Waals surface area contributed by atoms with Gasteiger partial charge in [-0.1, -0.05) is 18.2 Å². The third kappa shape index (κ3) is 1.81. The number of para-hydroxylation sites is 1. The SMILES string of the molecule is COc1cccc2c1nc(-c1cccc(N)c1)n2C. The maximum Gasteiger partial charge on any atom is 0.146 e. The average molecular weight is 253 g/mol. The number of nitrogens with two attached hydrogens (primary N) is 1. The monoisotopic (exact) mass is 253 g/mol. The van der Waals surface area contributed by atoms with Crippen LogP contribution in [0.15, 0.2) is 42.5 Å². The Morgan fingerprint density at radius 1 is 1.16 bits per heavy atom. The Bertz CT molecular complexity index is 746. The molecule has 0 saturated heterocycles. The summed E-state index contributed by atoms with van der Waals surface area (Å²) in [5, 5.41) is 0. The molecule has 0 radical (unpaired) electrons. The Morgan fingerprint density at radius 2 is 1.95 bits per heavy atom. The van der Waals surface area contributed by atoms with Gasteiger partial charge in [0.2, 0.25) is 0 Å². The summed E-state index contributed by atoms with van der Waals surface area (Å²) in [6.45, 7) is 0. The minimum atomic E-state index is 0.733. The number of methoxy groups -OCH3 is 1. The van der Waals surface area contributed by atoms with Gasteiger partial charge < -0.3 is 15.0 Å². The van der Waals surface area contributed by atoms with Crippen LogP contribution in [0.25, 0.3) is 22.4 Å². The minimum Gasteiger partial charge on any atom is -0.494 e. The number of ether oxygens (including phenoxy) is 1. The lowest BCUT2D eigenvalue weighted by Gasteiger charge is -2.03. The van der Waals surface area contributed by atoms with Crippen LogP contribution in [0.2, 0.25) is 0 Å². The quantitative estimate of drug-likeness (QED) is 0.714. The molecular formula is C15H15N3O. The van der Waals surface area contributed by atoms with Crippen molar-refractivity contribution in [2.75, 3.05) is 12.8 Å². The topological polar surface area (TPSA) is 53.1 Å². The van der Waals surface area contributed by atoms with Crippen LogP contribution in [0.4, 0.5) is 5.69 Å². The normalized spacial score (nSPS) is 10.8. The summed E-state index contributed by atoms with van der Waals surface area (Å²) in [6.07, 6.45) is 0. The lowest BCUT2D eigenvalue weighted by Crippen LogP contribution is -1.93. The molecular weight excluding hydrogens is 238 g/mol. The van der Waals surface area contributed by atoms with E-state index in [4.69, 9.17) is 10.5 Å². The Hall–Kier alpha value is -2.49. The van der Waals surface area contributed by atoms with Gasteiger partial charge in [0.05, 0.1) is 12.6 Å². The van der Waals surface area contributed by atoms with E-state index >= 15 is 0 Å². The van der Waals surface area contributed by atoms with Crippen molar-refractivity contribution in [1.29, 1.82) is 0 Å². The van der Waals surface area contributed by atoms with Gasteiger partial charge >= 0.3 is 0 Å². The van der Waals surface area contributed by atoms with Gasteiger partial charge in [-0.05, 0) is 24.3 Å². The summed E-state index contributed by atoms with van der Waals surface area (Å²) in [4.78, 5) is 4.68. The second-order valence-corrected chi connectivity index (χ2v) is 4.45. The average Bonchev–Trinajstić information content (AvgIpc) is 2.76. The number of benzene rings is 2. The van der Waals surface area contributed by atoms with E-state index in [1.54, 1.807) is 7.11 Å². The molecule has 0 aliphatic heterocycles. The van der Waals surface area contributed by atoms with Gasteiger partial charge in [-0.25, -0.2) is 4.98 Å². The molecule has 0 aliphatic carbocycles. The number of anilines is 1. The van der Waals surface area contributed by atoms with Gasteiger partial charge in [-0.3, -0.25) is 0 Å².